The summed E-state index contributed by atoms with van der Waals surface area (Å²) in [7, 11) is 0. The summed E-state index contributed by atoms with van der Waals surface area (Å²) in [5.74, 6) is 0.116. The Morgan fingerprint density at radius 2 is 1.74 bits per heavy atom. The first kappa shape index (κ1) is 15.6. The fraction of sp³-hybridized carbons (Fsp3) is 0.350. The summed E-state index contributed by atoms with van der Waals surface area (Å²) in [6.45, 7) is 9.23. The summed E-state index contributed by atoms with van der Waals surface area (Å²) < 4.78 is 0. The quantitative estimate of drug-likeness (QED) is 0.899. The number of carbonyl (C=O) groups excluding carboxylic acids is 1. The number of amides is 1. The molecule has 3 nitrogen and oxygen atoms in total. The summed E-state index contributed by atoms with van der Waals surface area (Å²) in [5.41, 5.74) is 6.62. The predicted molar refractivity (Wildman–Crippen MR) is 94.8 cm³/mol. The molecule has 1 aliphatic heterocycles. The van der Waals surface area contributed by atoms with E-state index in [1.54, 1.807) is 0 Å². The van der Waals surface area contributed by atoms with Crippen molar-refractivity contribution in [2.24, 2.45) is 0 Å². The summed E-state index contributed by atoms with van der Waals surface area (Å²) in [5, 5.41) is 3.58. The Labute approximate surface area is 138 Å². The molecule has 1 aliphatic rings. The average molecular weight is 308 g/mol. The van der Waals surface area contributed by atoms with Crippen LogP contribution in [0.5, 0.6) is 0 Å². The molecule has 1 unspecified atom stereocenters. The number of nitrogens with one attached hydrogen (secondary N) is 1. The second-order valence-corrected chi connectivity index (χ2v) is 6.40. The topological polar surface area (TPSA) is 32.3 Å². The van der Waals surface area contributed by atoms with E-state index in [0.717, 1.165) is 24.2 Å². The van der Waals surface area contributed by atoms with Crippen molar-refractivity contribution < 1.29 is 4.79 Å². The van der Waals surface area contributed by atoms with Gasteiger partial charge in [0, 0.05) is 17.8 Å². The van der Waals surface area contributed by atoms with Gasteiger partial charge in [-0.1, -0.05) is 36.8 Å². The fourth-order valence-electron chi connectivity index (χ4n) is 3.61. The van der Waals surface area contributed by atoms with Crippen LogP contribution < -0.4 is 5.32 Å². The molecule has 0 saturated carbocycles. The first-order chi connectivity index (χ1) is 11.0. The van der Waals surface area contributed by atoms with E-state index in [4.69, 9.17) is 0 Å². The van der Waals surface area contributed by atoms with Gasteiger partial charge in [0.1, 0.15) is 6.17 Å². The van der Waals surface area contributed by atoms with E-state index in [2.05, 4.69) is 45.1 Å². The maximum absolute atomic E-state index is 13.0. The zero-order valence-electron chi connectivity index (χ0n) is 14.3. The van der Waals surface area contributed by atoms with Crippen molar-refractivity contribution in [2.75, 3.05) is 11.9 Å². The van der Waals surface area contributed by atoms with E-state index in [9.17, 15) is 4.79 Å². The third-order valence-electron chi connectivity index (χ3n) is 4.50. The number of fused-ring (bicyclic) bond motifs is 1. The molecule has 0 aromatic heterocycles. The van der Waals surface area contributed by atoms with Crippen molar-refractivity contribution in [3.05, 3.63) is 64.2 Å². The Morgan fingerprint density at radius 1 is 1.09 bits per heavy atom. The van der Waals surface area contributed by atoms with Crippen LogP contribution in [-0.2, 0) is 0 Å². The van der Waals surface area contributed by atoms with E-state index < -0.39 is 0 Å². The Bertz CT molecular complexity index is 728. The number of hydrogen-bond acceptors (Lipinski definition) is 2. The Morgan fingerprint density at radius 3 is 2.39 bits per heavy atom. The normalized spacial score (nSPS) is 17.0. The van der Waals surface area contributed by atoms with Crippen molar-refractivity contribution in [3.63, 3.8) is 0 Å². The zero-order valence-corrected chi connectivity index (χ0v) is 14.3. The number of nitrogens with zero attached hydrogens (tertiary/aromatic N) is 1. The highest BCUT2D eigenvalue weighted by Crippen LogP contribution is 2.36. The molecule has 1 atom stereocenters. The lowest BCUT2D eigenvalue weighted by molar-refractivity contribution is 0.0682. The van der Waals surface area contributed by atoms with Gasteiger partial charge in [0.2, 0.25) is 0 Å². The number of para-hydroxylation sites is 1. The number of rotatable bonds is 3. The molecule has 0 bridgehead atoms. The molecule has 0 radical (unpaired) electrons. The van der Waals surface area contributed by atoms with Crippen LogP contribution in [0.1, 0.15) is 52.1 Å². The number of anilines is 1. The number of benzene rings is 2. The zero-order chi connectivity index (χ0) is 16.6. The van der Waals surface area contributed by atoms with Crippen molar-refractivity contribution in [1.82, 2.24) is 4.90 Å². The average Bonchev–Trinajstić information content (AvgIpc) is 2.50. The van der Waals surface area contributed by atoms with E-state index in [0.29, 0.717) is 0 Å². The number of carbonyl (C=O) groups is 1. The molecule has 23 heavy (non-hydrogen) atoms. The van der Waals surface area contributed by atoms with Gasteiger partial charge in [-0.15, -0.1) is 0 Å². The molecule has 2 aromatic rings. The second kappa shape index (κ2) is 6.07. The summed E-state index contributed by atoms with van der Waals surface area (Å²) >= 11 is 0. The first-order valence-electron chi connectivity index (χ1n) is 8.27. The smallest absolute Gasteiger partial charge is 0.257 e. The van der Waals surface area contributed by atoms with Crippen molar-refractivity contribution >= 4 is 11.6 Å². The highest BCUT2D eigenvalue weighted by Gasteiger charge is 2.33. The van der Waals surface area contributed by atoms with Crippen LogP contribution >= 0.6 is 0 Å². The number of aryl methyl sites for hydroxylation is 3. The Hall–Kier alpha value is -2.29. The van der Waals surface area contributed by atoms with Crippen LogP contribution in [0.3, 0.4) is 0 Å². The molecule has 3 heteroatoms. The minimum absolute atomic E-state index is 0.0991. The van der Waals surface area contributed by atoms with E-state index in [1.165, 1.54) is 22.3 Å². The Kier molecular flexibility index (Phi) is 4.12. The van der Waals surface area contributed by atoms with Gasteiger partial charge in [-0.05, 0) is 50.5 Å². The minimum Gasteiger partial charge on any atom is -0.361 e. The van der Waals surface area contributed by atoms with Gasteiger partial charge in [-0.2, -0.15) is 0 Å². The van der Waals surface area contributed by atoms with Crippen LogP contribution in [0.2, 0.25) is 0 Å². The van der Waals surface area contributed by atoms with Gasteiger partial charge >= 0.3 is 0 Å². The predicted octanol–water partition coefficient (Wildman–Crippen LogP) is 4.59. The summed E-state index contributed by atoms with van der Waals surface area (Å²) in [4.78, 5) is 14.9. The van der Waals surface area contributed by atoms with E-state index in [1.807, 2.05) is 29.2 Å². The minimum atomic E-state index is -0.0991. The number of hydrogen-bond donors (Lipinski definition) is 1. The third-order valence-corrected chi connectivity index (χ3v) is 4.50. The molecule has 0 fully saturated rings. The first-order valence-corrected chi connectivity index (χ1v) is 8.27. The second-order valence-electron chi connectivity index (χ2n) is 6.40. The molecule has 0 spiro atoms. The molecule has 0 aliphatic carbocycles. The molecule has 3 rings (SSSR count). The van der Waals surface area contributed by atoms with Crippen LogP contribution in [0.4, 0.5) is 5.69 Å². The van der Waals surface area contributed by atoms with E-state index in [-0.39, 0.29) is 12.1 Å². The highest BCUT2D eigenvalue weighted by molar-refractivity contribution is 6.01. The van der Waals surface area contributed by atoms with Gasteiger partial charge in [-0.3, -0.25) is 4.79 Å². The largest absolute Gasteiger partial charge is 0.361 e. The van der Waals surface area contributed by atoms with Gasteiger partial charge < -0.3 is 10.2 Å². The molecule has 2 aromatic carbocycles. The van der Waals surface area contributed by atoms with Gasteiger partial charge in [0.05, 0.1) is 5.56 Å². The Balaban J connectivity index is 2.12. The summed E-state index contributed by atoms with van der Waals surface area (Å²) in [6, 6.07) is 12.2. The standard InChI is InChI=1S/C20H24N2O/c1-5-10-22-19(18-14(3)11-13(2)12-15(18)4)21-17-9-7-6-8-16(17)20(22)23/h6-9,11-12,19,21H,5,10H2,1-4H3. The maximum Gasteiger partial charge on any atom is 0.257 e. The fourth-order valence-corrected chi connectivity index (χ4v) is 3.61. The lowest BCUT2D eigenvalue weighted by Crippen LogP contribution is -2.43. The van der Waals surface area contributed by atoms with Gasteiger partial charge in [-0.25, -0.2) is 0 Å². The third kappa shape index (κ3) is 2.72. The molecule has 0 saturated heterocycles. The molecular formula is C20H24N2O. The van der Waals surface area contributed by atoms with Crippen molar-refractivity contribution in [1.29, 1.82) is 0 Å². The van der Waals surface area contributed by atoms with Crippen LogP contribution in [0.15, 0.2) is 36.4 Å². The molecule has 1 heterocycles. The highest BCUT2D eigenvalue weighted by atomic mass is 16.2. The van der Waals surface area contributed by atoms with Crippen LogP contribution in [-0.4, -0.2) is 17.4 Å². The monoisotopic (exact) mass is 308 g/mol. The lowest BCUT2D eigenvalue weighted by atomic mass is 9.94. The van der Waals surface area contributed by atoms with Gasteiger partial charge in [0.25, 0.3) is 5.91 Å². The molecule has 120 valence electrons. The molecule has 1 N–H and O–H groups in total. The van der Waals surface area contributed by atoms with Gasteiger partial charge in [0.15, 0.2) is 0 Å². The van der Waals surface area contributed by atoms with Crippen molar-refractivity contribution in [2.45, 2.75) is 40.3 Å². The molecular weight excluding hydrogens is 284 g/mol. The van der Waals surface area contributed by atoms with Crippen LogP contribution in [0.25, 0.3) is 0 Å². The van der Waals surface area contributed by atoms with E-state index >= 15 is 0 Å². The summed E-state index contributed by atoms with van der Waals surface area (Å²) in [6.07, 6.45) is 0.841. The maximum atomic E-state index is 13.0. The van der Waals surface area contributed by atoms with Crippen LogP contribution in [0, 0.1) is 20.8 Å². The van der Waals surface area contributed by atoms with Crippen molar-refractivity contribution in [3.8, 4) is 0 Å². The molecule has 1 amide bonds. The lowest BCUT2D eigenvalue weighted by Gasteiger charge is -2.39. The SMILES string of the molecule is CCCN1C(=O)c2ccccc2NC1c1c(C)cc(C)cc1C.